The first-order valence-electron chi connectivity index (χ1n) is 7.19. The van der Waals surface area contributed by atoms with Gasteiger partial charge < -0.3 is 14.8 Å². The molecule has 0 heterocycles. The van der Waals surface area contributed by atoms with Gasteiger partial charge in [-0.25, -0.2) is 4.39 Å². The maximum absolute atomic E-state index is 13.3. The van der Waals surface area contributed by atoms with Crippen LogP contribution in [-0.2, 0) is 13.1 Å². The van der Waals surface area contributed by atoms with E-state index in [9.17, 15) is 17.6 Å². The van der Waals surface area contributed by atoms with Crippen LogP contribution in [0.1, 0.15) is 11.1 Å². The van der Waals surface area contributed by atoms with Gasteiger partial charge in [-0.3, -0.25) is 0 Å². The molecule has 0 unspecified atom stereocenters. The van der Waals surface area contributed by atoms with Crippen LogP contribution in [0, 0.1) is 5.82 Å². The molecule has 24 heavy (non-hydrogen) atoms. The molecule has 130 valence electrons. The van der Waals surface area contributed by atoms with E-state index in [0.717, 1.165) is 5.56 Å². The standard InChI is InChI=1S/C17H17F4NO2/c1-23-16-6-5-14(18)8-13(16)10-22-9-12-3-2-4-15(7-12)24-11-17(19,20)21/h2-8,22H,9-11H2,1H3. The fourth-order valence-electron chi connectivity index (χ4n) is 2.14. The summed E-state index contributed by atoms with van der Waals surface area (Å²) in [6.07, 6.45) is -4.37. The number of rotatable bonds is 7. The molecule has 3 nitrogen and oxygen atoms in total. The van der Waals surface area contributed by atoms with E-state index in [0.29, 0.717) is 24.4 Å². The van der Waals surface area contributed by atoms with Gasteiger partial charge in [0.2, 0.25) is 0 Å². The Hall–Kier alpha value is -2.28. The highest BCUT2D eigenvalue weighted by atomic mass is 19.4. The van der Waals surface area contributed by atoms with Gasteiger partial charge in [0.05, 0.1) is 7.11 Å². The van der Waals surface area contributed by atoms with E-state index in [-0.39, 0.29) is 11.6 Å². The fourth-order valence-corrected chi connectivity index (χ4v) is 2.14. The van der Waals surface area contributed by atoms with Crippen LogP contribution in [-0.4, -0.2) is 19.9 Å². The monoisotopic (exact) mass is 343 g/mol. The van der Waals surface area contributed by atoms with Crippen molar-refractivity contribution >= 4 is 0 Å². The number of methoxy groups -OCH3 is 1. The molecule has 2 aromatic rings. The van der Waals surface area contributed by atoms with Crippen molar-refractivity contribution in [3.63, 3.8) is 0 Å². The highest BCUT2D eigenvalue weighted by Crippen LogP contribution is 2.21. The molecule has 1 N–H and O–H groups in total. The Morgan fingerprint density at radius 2 is 1.83 bits per heavy atom. The van der Waals surface area contributed by atoms with E-state index in [4.69, 9.17) is 9.47 Å². The summed E-state index contributed by atoms with van der Waals surface area (Å²) in [4.78, 5) is 0. The lowest BCUT2D eigenvalue weighted by Gasteiger charge is -2.12. The molecule has 0 aliphatic rings. The van der Waals surface area contributed by atoms with Crippen molar-refractivity contribution in [2.45, 2.75) is 19.3 Å². The van der Waals surface area contributed by atoms with E-state index in [1.54, 1.807) is 12.1 Å². The molecule has 0 bridgehead atoms. The Morgan fingerprint density at radius 1 is 1.04 bits per heavy atom. The number of halogens is 4. The van der Waals surface area contributed by atoms with Crippen molar-refractivity contribution in [3.05, 3.63) is 59.4 Å². The van der Waals surface area contributed by atoms with Crippen LogP contribution >= 0.6 is 0 Å². The van der Waals surface area contributed by atoms with Gasteiger partial charge in [-0.15, -0.1) is 0 Å². The second-order valence-electron chi connectivity index (χ2n) is 5.11. The zero-order valence-corrected chi connectivity index (χ0v) is 13.0. The van der Waals surface area contributed by atoms with E-state index < -0.39 is 12.8 Å². The van der Waals surface area contributed by atoms with Crippen LogP contribution in [0.4, 0.5) is 17.6 Å². The molecule has 2 aromatic carbocycles. The lowest BCUT2D eigenvalue weighted by molar-refractivity contribution is -0.153. The summed E-state index contributed by atoms with van der Waals surface area (Å²) >= 11 is 0. The molecule has 0 amide bonds. The molecule has 0 fully saturated rings. The molecule has 0 aliphatic carbocycles. The molecule has 0 aliphatic heterocycles. The molecule has 0 saturated carbocycles. The first-order chi connectivity index (χ1) is 11.4. The predicted octanol–water partition coefficient (Wildman–Crippen LogP) is 4.07. The molecule has 2 rings (SSSR count). The SMILES string of the molecule is COc1ccc(F)cc1CNCc1cccc(OCC(F)(F)F)c1. The fraction of sp³-hybridized carbons (Fsp3) is 0.294. The summed E-state index contributed by atoms with van der Waals surface area (Å²) in [7, 11) is 1.50. The van der Waals surface area contributed by atoms with Crippen LogP contribution in [0.2, 0.25) is 0 Å². The summed E-state index contributed by atoms with van der Waals surface area (Å²) in [5, 5.41) is 3.10. The smallest absolute Gasteiger partial charge is 0.422 e. The quantitative estimate of drug-likeness (QED) is 0.769. The third kappa shape index (κ3) is 5.73. The second-order valence-corrected chi connectivity index (χ2v) is 5.11. The number of hydrogen-bond acceptors (Lipinski definition) is 3. The average molecular weight is 343 g/mol. The number of nitrogens with one attached hydrogen (secondary N) is 1. The van der Waals surface area contributed by atoms with E-state index >= 15 is 0 Å². The molecular weight excluding hydrogens is 326 g/mol. The normalized spacial score (nSPS) is 11.4. The Balaban J connectivity index is 1.92. The molecule has 0 aromatic heterocycles. The lowest BCUT2D eigenvalue weighted by atomic mass is 10.1. The third-order valence-electron chi connectivity index (χ3n) is 3.19. The Kier molecular flexibility index (Phi) is 6.03. The van der Waals surface area contributed by atoms with Gasteiger partial charge in [0.25, 0.3) is 0 Å². The molecule has 0 atom stereocenters. The summed E-state index contributed by atoms with van der Waals surface area (Å²) in [6, 6.07) is 10.6. The maximum Gasteiger partial charge on any atom is 0.422 e. The third-order valence-corrected chi connectivity index (χ3v) is 3.19. The summed E-state index contributed by atoms with van der Waals surface area (Å²) in [5.74, 6) is 0.344. The lowest BCUT2D eigenvalue weighted by Crippen LogP contribution is -2.19. The Morgan fingerprint density at radius 3 is 2.54 bits per heavy atom. The highest BCUT2D eigenvalue weighted by Gasteiger charge is 2.28. The van der Waals surface area contributed by atoms with Crippen molar-refractivity contribution in [3.8, 4) is 11.5 Å². The van der Waals surface area contributed by atoms with Gasteiger partial charge in [0.1, 0.15) is 17.3 Å². The Bertz CT molecular complexity index is 674. The maximum atomic E-state index is 13.3. The van der Waals surface area contributed by atoms with Crippen molar-refractivity contribution in [1.82, 2.24) is 5.32 Å². The van der Waals surface area contributed by atoms with Gasteiger partial charge in [-0.2, -0.15) is 13.2 Å². The predicted molar refractivity (Wildman–Crippen MR) is 81.5 cm³/mol. The molecular formula is C17H17F4NO2. The van der Waals surface area contributed by atoms with E-state index in [2.05, 4.69) is 5.32 Å². The van der Waals surface area contributed by atoms with Crippen LogP contribution < -0.4 is 14.8 Å². The van der Waals surface area contributed by atoms with Crippen LogP contribution in [0.25, 0.3) is 0 Å². The number of hydrogen-bond donors (Lipinski definition) is 1. The van der Waals surface area contributed by atoms with Crippen LogP contribution in [0.3, 0.4) is 0 Å². The number of alkyl halides is 3. The average Bonchev–Trinajstić information content (AvgIpc) is 2.53. The zero-order chi connectivity index (χ0) is 17.6. The topological polar surface area (TPSA) is 30.5 Å². The van der Waals surface area contributed by atoms with Gasteiger partial charge in [0, 0.05) is 18.7 Å². The molecule has 0 saturated heterocycles. The largest absolute Gasteiger partial charge is 0.496 e. The Labute approximate surface area is 137 Å². The number of benzene rings is 2. The molecule has 0 spiro atoms. The van der Waals surface area contributed by atoms with E-state index in [1.165, 1.54) is 37.4 Å². The van der Waals surface area contributed by atoms with Crippen LogP contribution in [0.5, 0.6) is 11.5 Å². The summed E-state index contributed by atoms with van der Waals surface area (Å²) in [6.45, 7) is -0.582. The van der Waals surface area contributed by atoms with Gasteiger partial charge >= 0.3 is 6.18 Å². The molecule has 0 radical (unpaired) electrons. The van der Waals surface area contributed by atoms with Crippen molar-refractivity contribution in [2.75, 3.05) is 13.7 Å². The molecule has 7 heteroatoms. The van der Waals surface area contributed by atoms with Gasteiger partial charge in [-0.05, 0) is 35.9 Å². The summed E-state index contributed by atoms with van der Waals surface area (Å²) in [5.41, 5.74) is 1.41. The van der Waals surface area contributed by atoms with Crippen molar-refractivity contribution in [1.29, 1.82) is 0 Å². The first-order valence-corrected chi connectivity index (χ1v) is 7.19. The minimum Gasteiger partial charge on any atom is -0.496 e. The first kappa shape index (κ1) is 18.1. The van der Waals surface area contributed by atoms with Crippen LogP contribution in [0.15, 0.2) is 42.5 Å². The minimum atomic E-state index is -4.37. The summed E-state index contributed by atoms with van der Waals surface area (Å²) < 4.78 is 59.6. The zero-order valence-electron chi connectivity index (χ0n) is 13.0. The van der Waals surface area contributed by atoms with Gasteiger partial charge in [-0.1, -0.05) is 12.1 Å². The van der Waals surface area contributed by atoms with Crippen molar-refractivity contribution in [2.24, 2.45) is 0 Å². The highest BCUT2D eigenvalue weighted by molar-refractivity contribution is 5.34. The second kappa shape index (κ2) is 8.01. The number of ether oxygens (including phenoxy) is 2. The van der Waals surface area contributed by atoms with E-state index in [1.807, 2.05) is 0 Å². The van der Waals surface area contributed by atoms with Crippen molar-refractivity contribution < 1.29 is 27.0 Å². The van der Waals surface area contributed by atoms with Gasteiger partial charge in [0.15, 0.2) is 6.61 Å². The minimum absolute atomic E-state index is 0.148.